The predicted octanol–water partition coefficient (Wildman–Crippen LogP) is 6.81. The fourth-order valence-electron chi connectivity index (χ4n) is 9.93. The fraction of sp³-hybridized carbons (Fsp3) is 0. The van der Waals surface area contributed by atoms with E-state index in [1.54, 1.807) is 11.3 Å². The Hall–Kier alpha value is -6.75. The van der Waals surface area contributed by atoms with E-state index < -0.39 is 0 Å². The first-order chi connectivity index (χ1) is 31.2. The molecule has 0 N–H and O–H groups in total. The van der Waals surface area contributed by atoms with Crippen molar-refractivity contribution < 1.29 is 0 Å². The van der Waals surface area contributed by atoms with Crippen molar-refractivity contribution in [2.45, 2.75) is 0 Å². The summed E-state index contributed by atoms with van der Waals surface area (Å²) in [4.78, 5) is 0. The minimum atomic E-state index is 0.180. The van der Waals surface area contributed by atoms with Gasteiger partial charge in [0.1, 0.15) is 54.9 Å². The van der Waals surface area contributed by atoms with Gasteiger partial charge < -0.3 is 9.13 Å². The van der Waals surface area contributed by atoms with Crippen molar-refractivity contribution >= 4 is 168 Å². The molecule has 0 atom stereocenters. The number of aromatic nitrogens is 2. The van der Waals surface area contributed by atoms with Gasteiger partial charge in [0.05, 0.1) is 11.0 Å². The van der Waals surface area contributed by atoms with Gasteiger partial charge in [-0.2, -0.15) is 0 Å². The zero-order valence-corrected chi connectivity index (χ0v) is 35.2. The normalized spacial score (nSPS) is 11.9. The molecule has 2 nitrogen and oxygen atoms in total. The predicted molar refractivity (Wildman–Crippen MR) is 282 cm³/mol. The Morgan fingerprint density at radius 2 is 0.953 bits per heavy atom. The van der Waals surface area contributed by atoms with E-state index in [1.165, 1.54) is 10.1 Å². The number of thiophene rings is 1. The molecule has 0 aliphatic rings. The molecule has 0 saturated carbocycles. The van der Waals surface area contributed by atoms with Crippen LogP contribution in [0, 0.1) is 0 Å². The topological polar surface area (TPSA) is 9.86 Å². The number of benzene rings is 9. The molecule has 12 rings (SSSR count). The molecule has 0 aliphatic heterocycles. The van der Waals surface area contributed by atoms with Gasteiger partial charge in [0.15, 0.2) is 0 Å². The summed E-state index contributed by atoms with van der Waals surface area (Å²) in [6.45, 7) is 0. The van der Waals surface area contributed by atoms with E-state index in [2.05, 4.69) is 150 Å². The van der Waals surface area contributed by atoms with Crippen molar-refractivity contribution in [3.63, 3.8) is 0 Å². The molecular formula is C54H27B7N2S. The fourth-order valence-corrected chi connectivity index (χ4v) is 11.1. The van der Waals surface area contributed by atoms with E-state index in [-0.39, 0.29) is 21.9 Å². The van der Waals surface area contributed by atoms with Crippen molar-refractivity contribution in [1.29, 1.82) is 0 Å². The minimum absolute atomic E-state index is 0.180. The van der Waals surface area contributed by atoms with Crippen LogP contribution in [0.2, 0.25) is 0 Å². The maximum atomic E-state index is 7.45. The Morgan fingerprint density at radius 1 is 0.328 bits per heavy atom. The number of rotatable bonds is 5. The Morgan fingerprint density at radius 3 is 1.73 bits per heavy atom. The first-order valence-corrected chi connectivity index (χ1v) is 21.8. The number of nitrogens with zero attached hydrogens (tertiary/aromatic N) is 2. The van der Waals surface area contributed by atoms with Crippen LogP contribution in [-0.2, 0) is 0 Å². The van der Waals surface area contributed by atoms with Gasteiger partial charge in [-0.15, -0.1) is 22.3 Å². The van der Waals surface area contributed by atoms with Gasteiger partial charge in [0.25, 0.3) is 0 Å². The summed E-state index contributed by atoms with van der Waals surface area (Å²) >= 11 is 1.71. The lowest BCUT2D eigenvalue weighted by atomic mass is 9.64. The highest BCUT2D eigenvalue weighted by atomic mass is 32.1. The van der Waals surface area contributed by atoms with Crippen molar-refractivity contribution in [1.82, 2.24) is 9.13 Å². The zero-order chi connectivity index (χ0) is 43.5. The summed E-state index contributed by atoms with van der Waals surface area (Å²) < 4.78 is 6.59. The van der Waals surface area contributed by atoms with Gasteiger partial charge in [-0.3, -0.25) is 0 Å². The van der Waals surface area contributed by atoms with Crippen molar-refractivity contribution in [3.8, 4) is 44.8 Å². The third-order valence-corrected chi connectivity index (χ3v) is 14.0. The average molecular weight is 812 g/mol. The van der Waals surface area contributed by atoms with Crippen molar-refractivity contribution in [2.24, 2.45) is 0 Å². The number of hydrogen-bond donors (Lipinski definition) is 0. The Labute approximate surface area is 383 Å². The van der Waals surface area contributed by atoms with Crippen LogP contribution in [0.3, 0.4) is 0 Å². The molecule has 3 aromatic heterocycles. The largest absolute Gasteiger partial charge is 0.310 e. The summed E-state index contributed by atoms with van der Waals surface area (Å²) in [7, 11) is 49.0. The zero-order valence-electron chi connectivity index (χ0n) is 34.4. The van der Waals surface area contributed by atoms with E-state index in [0.29, 0.717) is 43.8 Å². The smallest absolute Gasteiger partial charge is 0.115 e. The molecule has 12 aromatic rings. The lowest BCUT2D eigenvalue weighted by Gasteiger charge is -2.19. The molecule has 0 unspecified atom stereocenters. The quantitative estimate of drug-likeness (QED) is 0.169. The van der Waals surface area contributed by atoms with Gasteiger partial charge >= 0.3 is 0 Å². The van der Waals surface area contributed by atoms with Crippen LogP contribution >= 0.6 is 11.3 Å². The maximum Gasteiger partial charge on any atom is 0.115 e. The highest BCUT2D eigenvalue weighted by Gasteiger charge is 2.25. The SMILES string of the molecule is [B]c1c([B])c([B])c2c(c1[B])c1c([B])c(-c3ccc4c(c3)c3c(-c5ccccc5)cccc3n4-c3cccc(-c4ccccc4)c3)c([B])c([B])c1n2-c1ccc2c(c1)sc1ccccc12. The van der Waals surface area contributed by atoms with Crippen LogP contribution in [0.4, 0.5) is 0 Å². The lowest BCUT2D eigenvalue weighted by molar-refractivity contribution is 1.18. The van der Waals surface area contributed by atoms with E-state index >= 15 is 0 Å². The summed E-state index contributed by atoms with van der Waals surface area (Å²) in [5.74, 6) is 0. The summed E-state index contributed by atoms with van der Waals surface area (Å²) in [6, 6.07) is 57.1. The highest BCUT2D eigenvalue weighted by molar-refractivity contribution is 7.25. The van der Waals surface area contributed by atoms with Gasteiger partial charge in [-0.25, -0.2) is 0 Å². The molecule has 0 fully saturated rings. The lowest BCUT2D eigenvalue weighted by Crippen LogP contribution is -2.48. The van der Waals surface area contributed by atoms with Gasteiger partial charge in [0, 0.05) is 58.7 Å². The van der Waals surface area contributed by atoms with Crippen LogP contribution in [0.15, 0.2) is 164 Å². The third-order valence-electron chi connectivity index (χ3n) is 12.9. The highest BCUT2D eigenvalue weighted by Crippen LogP contribution is 2.41. The maximum absolute atomic E-state index is 7.45. The second-order valence-electron chi connectivity index (χ2n) is 16.4. The molecule has 280 valence electrons. The van der Waals surface area contributed by atoms with E-state index in [1.807, 2.05) is 22.8 Å². The van der Waals surface area contributed by atoms with Crippen LogP contribution in [-0.4, -0.2) is 64.1 Å². The molecule has 3 heterocycles. The van der Waals surface area contributed by atoms with E-state index in [9.17, 15) is 0 Å². The molecule has 0 aliphatic carbocycles. The molecule has 0 spiro atoms. The van der Waals surface area contributed by atoms with Crippen LogP contribution in [0.25, 0.3) is 109 Å². The average Bonchev–Trinajstić information content (AvgIpc) is 4.01. The Kier molecular flexibility index (Phi) is 8.91. The molecule has 0 amide bonds. The first-order valence-electron chi connectivity index (χ1n) is 21.0. The van der Waals surface area contributed by atoms with Gasteiger partial charge in [-0.05, 0) is 87.3 Å². The second-order valence-corrected chi connectivity index (χ2v) is 17.5. The minimum Gasteiger partial charge on any atom is -0.310 e. The molecular weight excluding hydrogens is 784 g/mol. The number of hydrogen-bond acceptors (Lipinski definition) is 1. The van der Waals surface area contributed by atoms with Crippen LogP contribution < -0.4 is 38.2 Å². The summed E-state index contributed by atoms with van der Waals surface area (Å²) in [6.07, 6.45) is 0. The second kappa shape index (κ2) is 14.7. The van der Waals surface area contributed by atoms with Gasteiger partial charge in [-0.1, -0.05) is 143 Å². The standard InChI is InChI=1S/C54H27B7N2S/c55-46-42(47(56)51(60)53-44(46)45-48(57)49(58)50(59)52(61)54(45)63(53)33-22-23-36-35-17-7-8-20-40(35)64-41(36)27-33)31-21-24-38-37(26-31)43-34(29-13-5-2-6-14-29)18-10-19-39(43)62(38)32-16-9-15-30(25-32)28-11-3-1-4-12-28/h1-27H. The molecule has 9 aromatic carbocycles. The van der Waals surface area contributed by atoms with Crippen molar-refractivity contribution in [3.05, 3.63) is 164 Å². The Balaban J connectivity index is 1.15. The monoisotopic (exact) mass is 812 g/mol. The molecule has 14 radical (unpaired) electrons. The van der Waals surface area contributed by atoms with Gasteiger partial charge in [0.2, 0.25) is 0 Å². The van der Waals surface area contributed by atoms with E-state index in [0.717, 1.165) is 71.1 Å². The summed E-state index contributed by atoms with van der Waals surface area (Å²) in [5, 5.41) is 5.60. The van der Waals surface area contributed by atoms with Crippen LogP contribution in [0.1, 0.15) is 0 Å². The molecule has 10 heteroatoms. The van der Waals surface area contributed by atoms with Crippen LogP contribution in [0.5, 0.6) is 0 Å². The molecule has 64 heavy (non-hydrogen) atoms. The molecule has 0 saturated heterocycles. The number of fused-ring (bicyclic) bond motifs is 9. The first kappa shape index (κ1) is 38.9. The van der Waals surface area contributed by atoms with Crippen molar-refractivity contribution in [2.75, 3.05) is 0 Å². The summed E-state index contributed by atoms with van der Waals surface area (Å²) in [5.41, 5.74) is 12.8. The van der Waals surface area contributed by atoms with E-state index in [4.69, 9.17) is 54.9 Å². The molecule has 0 bridgehead atoms. The third kappa shape index (κ3) is 5.61. The Bertz CT molecular complexity index is 3930.